The number of nitrogens with one attached hydrogen (secondary N) is 1. The molecule has 2 N–H and O–H groups in total. The standard InChI is InChI=1S/C24H33N3O2S/c1-2-3-11-24(21-6-4-19(5-7-21)22-26-14-16-30-22)17-20(10-15-27(24)23(28)29)18-8-12-25-13-9-18/h4-7,14,16,18,20,25H,2-3,8-13,15,17H2,1H3,(H,28,29)/t20?,24-/m1/s1. The Morgan fingerprint density at radius 1 is 1.23 bits per heavy atom. The van der Waals surface area contributed by atoms with Gasteiger partial charge in [0.25, 0.3) is 0 Å². The molecule has 6 heteroatoms. The van der Waals surface area contributed by atoms with E-state index in [2.05, 4.69) is 41.5 Å². The van der Waals surface area contributed by atoms with Crippen LogP contribution in [0.3, 0.4) is 0 Å². The van der Waals surface area contributed by atoms with Gasteiger partial charge < -0.3 is 10.4 Å². The normalized spacial score (nSPS) is 25.4. The van der Waals surface area contributed by atoms with Crippen LogP contribution in [0.25, 0.3) is 10.6 Å². The molecule has 0 bridgehead atoms. The Hall–Kier alpha value is -1.92. The summed E-state index contributed by atoms with van der Waals surface area (Å²) in [6, 6.07) is 8.56. The zero-order chi connectivity index (χ0) is 21.0. The lowest BCUT2D eigenvalue weighted by atomic mass is 9.68. The number of unbranched alkanes of at least 4 members (excludes halogenated alkanes) is 1. The molecule has 0 aliphatic carbocycles. The predicted octanol–water partition coefficient (Wildman–Crippen LogP) is 5.59. The van der Waals surface area contributed by atoms with Crippen LogP contribution in [0.5, 0.6) is 0 Å². The first-order chi connectivity index (χ1) is 14.6. The molecule has 1 aromatic carbocycles. The van der Waals surface area contributed by atoms with Gasteiger partial charge in [-0.05, 0) is 62.6 Å². The van der Waals surface area contributed by atoms with Crippen molar-refractivity contribution in [2.24, 2.45) is 11.8 Å². The highest BCUT2D eigenvalue weighted by Crippen LogP contribution is 2.47. The summed E-state index contributed by atoms with van der Waals surface area (Å²) in [7, 11) is 0. The maximum atomic E-state index is 12.4. The van der Waals surface area contributed by atoms with E-state index < -0.39 is 11.6 Å². The van der Waals surface area contributed by atoms with Crippen LogP contribution in [0.15, 0.2) is 35.8 Å². The highest BCUT2D eigenvalue weighted by molar-refractivity contribution is 7.13. The SMILES string of the molecule is CCCC[C@]1(c2ccc(-c3nccs3)cc2)CC(C2CCNCC2)CCN1C(=O)O. The van der Waals surface area contributed by atoms with Gasteiger partial charge >= 0.3 is 6.09 Å². The van der Waals surface area contributed by atoms with Crippen molar-refractivity contribution in [1.29, 1.82) is 0 Å². The molecule has 162 valence electrons. The third-order valence-corrected chi connectivity index (χ3v) is 7.99. The minimum absolute atomic E-state index is 0.420. The molecule has 3 heterocycles. The van der Waals surface area contributed by atoms with Gasteiger partial charge in [0.15, 0.2) is 0 Å². The number of piperidine rings is 2. The molecule has 2 aliphatic rings. The van der Waals surface area contributed by atoms with Crippen molar-refractivity contribution in [3.05, 3.63) is 41.4 Å². The lowest BCUT2D eigenvalue weighted by Crippen LogP contribution is -2.55. The van der Waals surface area contributed by atoms with Crippen LogP contribution in [0.2, 0.25) is 0 Å². The number of hydrogen-bond acceptors (Lipinski definition) is 4. The van der Waals surface area contributed by atoms with E-state index in [1.54, 1.807) is 16.2 Å². The zero-order valence-corrected chi connectivity index (χ0v) is 18.7. The molecule has 0 radical (unpaired) electrons. The molecule has 1 amide bonds. The van der Waals surface area contributed by atoms with Crippen LogP contribution in [0.4, 0.5) is 4.79 Å². The number of amides is 1. The van der Waals surface area contributed by atoms with Crippen molar-refractivity contribution in [3.8, 4) is 10.6 Å². The van der Waals surface area contributed by atoms with Crippen molar-refractivity contribution in [2.45, 2.75) is 57.4 Å². The number of rotatable bonds is 6. The zero-order valence-electron chi connectivity index (χ0n) is 17.8. The maximum Gasteiger partial charge on any atom is 0.408 e. The second-order valence-corrected chi connectivity index (χ2v) is 9.72. The topological polar surface area (TPSA) is 65.5 Å². The second-order valence-electron chi connectivity index (χ2n) is 8.82. The summed E-state index contributed by atoms with van der Waals surface area (Å²) in [6.45, 7) is 5.02. The summed E-state index contributed by atoms with van der Waals surface area (Å²) in [6.07, 6.45) is 8.42. The molecule has 5 nitrogen and oxygen atoms in total. The quantitative estimate of drug-likeness (QED) is 0.631. The number of carboxylic acid groups (broad SMARTS) is 1. The van der Waals surface area contributed by atoms with Crippen molar-refractivity contribution in [2.75, 3.05) is 19.6 Å². The molecule has 2 fully saturated rings. The number of aromatic nitrogens is 1. The van der Waals surface area contributed by atoms with Gasteiger partial charge in [-0.15, -0.1) is 11.3 Å². The van der Waals surface area contributed by atoms with Crippen molar-refractivity contribution in [1.82, 2.24) is 15.2 Å². The molecule has 2 atom stereocenters. The molecule has 0 saturated carbocycles. The molecule has 0 spiro atoms. The Kier molecular flexibility index (Phi) is 6.74. The number of thiazole rings is 1. The van der Waals surface area contributed by atoms with Crippen molar-refractivity contribution >= 4 is 17.4 Å². The van der Waals surface area contributed by atoms with E-state index in [0.29, 0.717) is 18.4 Å². The predicted molar refractivity (Wildman–Crippen MR) is 122 cm³/mol. The molecule has 2 aliphatic heterocycles. The van der Waals surface area contributed by atoms with Crippen molar-refractivity contribution < 1.29 is 9.90 Å². The summed E-state index contributed by atoms with van der Waals surface area (Å²) < 4.78 is 0. The van der Waals surface area contributed by atoms with E-state index >= 15 is 0 Å². The van der Waals surface area contributed by atoms with Gasteiger partial charge in [0.1, 0.15) is 5.01 Å². The van der Waals surface area contributed by atoms with Gasteiger partial charge in [0.2, 0.25) is 0 Å². The van der Waals surface area contributed by atoms with Crippen LogP contribution in [0, 0.1) is 11.8 Å². The van der Waals surface area contributed by atoms with E-state index in [1.165, 1.54) is 12.8 Å². The van der Waals surface area contributed by atoms with Crippen LogP contribution in [0.1, 0.15) is 57.4 Å². The van der Waals surface area contributed by atoms with Crippen LogP contribution in [-0.2, 0) is 5.54 Å². The fraction of sp³-hybridized carbons (Fsp3) is 0.583. The van der Waals surface area contributed by atoms with Crippen LogP contribution < -0.4 is 5.32 Å². The average molecular weight is 428 g/mol. The molecule has 4 rings (SSSR count). The van der Waals surface area contributed by atoms with E-state index in [4.69, 9.17) is 0 Å². The monoisotopic (exact) mass is 427 g/mol. The number of likely N-dealkylation sites (tertiary alicyclic amines) is 1. The third-order valence-electron chi connectivity index (χ3n) is 7.17. The van der Waals surface area contributed by atoms with Crippen LogP contribution >= 0.6 is 11.3 Å². The molecule has 1 aromatic heterocycles. The molecule has 1 unspecified atom stereocenters. The number of carbonyl (C=O) groups is 1. The number of hydrogen-bond donors (Lipinski definition) is 2. The summed E-state index contributed by atoms with van der Waals surface area (Å²) in [5.41, 5.74) is 1.83. The molecule has 30 heavy (non-hydrogen) atoms. The fourth-order valence-electron chi connectivity index (χ4n) is 5.57. The summed E-state index contributed by atoms with van der Waals surface area (Å²) >= 11 is 1.63. The third kappa shape index (κ3) is 4.26. The van der Waals surface area contributed by atoms with Gasteiger partial charge in [-0.3, -0.25) is 4.90 Å². The Balaban J connectivity index is 1.69. The molecular weight excluding hydrogens is 394 g/mol. The van der Waals surface area contributed by atoms with E-state index in [9.17, 15) is 9.90 Å². The Morgan fingerprint density at radius 3 is 2.63 bits per heavy atom. The second kappa shape index (κ2) is 9.48. The fourth-order valence-corrected chi connectivity index (χ4v) is 6.21. The van der Waals surface area contributed by atoms with Gasteiger partial charge in [0.05, 0.1) is 5.54 Å². The Labute approximate surface area is 183 Å². The highest BCUT2D eigenvalue weighted by Gasteiger charge is 2.47. The molecule has 2 aromatic rings. The lowest BCUT2D eigenvalue weighted by molar-refractivity contribution is -0.00152. The first kappa shape index (κ1) is 21.3. The summed E-state index contributed by atoms with van der Waals surface area (Å²) in [4.78, 5) is 18.5. The maximum absolute atomic E-state index is 12.4. The molecule has 2 saturated heterocycles. The number of benzene rings is 1. The van der Waals surface area contributed by atoms with E-state index in [0.717, 1.165) is 61.3 Å². The first-order valence-electron chi connectivity index (χ1n) is 11.4. The highest BCUT2D eigenvalue weighted by atomic mass is 32.1. The smallest absolute Gasteiger partial charge is 0.408 e. The number of nitrogens with zero attached hydrogens (tertiary/aromatic N) is 2. The largest absolute Gasteiger partial charge is 0.465 e. The van der Waals surface area contributed by atoms with Crippen molar-refractivity contribution in [3.63, 3.8) is 0 Å². The molecular formula is C24H33N3O2S. The van der Waals surface area contributed by atoms with Crippen LogP contribution in [-0.4, -0.2) is 40.7 Å². The minimum Gasteiger partial charge on any atom is -0.465 e. The Bertz CT molecular complexity index is 817. The first-order valence-corrected chi connectivity index (χ1v) is 12.2. The lowest BCUT2D eigenvalue weighted by Gasteiger charge is -2.51. The van der Waals surface area contributed by atoms with E-state index in [1.807, 2.05) is 11.6 Å². The Morgan fingerprint density at radius 2 is 2.00 bits per heavy atom. The minimum atomic E-state index is -0.779. The average Bonchev–Trinajstić information content (AvgIpc) is 3.33. The van der Waals surface area contributed by atoms with Gasteiger partial charge in [0, 0.05) is 23.7 Å². The summed E-state index contributed by atoms with van der Waals surface area (Å²) in [5.74, 6) is 1.30. The van der Waals surface area contributed by atoms with Gasteiger partial charge in [-0.25, -0.2) is 9.78 Å². The van der Waals surface area contributed by atoms with E-state index in [-0.39, 0.29) is 0 Å². The summed E-state index contributed by atoms with van der Waals surface area (Å²) in [5, 5.41) is 16.6. The van der Waals surface area contributed by atoms with Gasteiger partial charge in [-0.2, -0.15) is 0 Å². The van der Waals surface area contributed by atoms with Gasteiger partial charge in [-0.1, -0.05) is 44.0 Å².